The summed E-state index contributed by atoms with van der Waals surface area (Å²) in [4.78, 5) is 0. The van der Waals surface area contributed by atoms with Gasteiger partial charge in [0.05, 0.1) is 34.4 Å². The van der Waals surface area contributed by atoms with Gasteiger partial charge in [-0.3, -0.25) is 0 Å². The lowest BCUT2D eigenvalue weighted by atomic mass is 9.89. The molecule has 0 unspecified atom stereocenters. The van der Waals surface area contributed by atoms with E-state index in [1.165, 1.54) is 0 Å². The second kappa shape index (κ2) is 10.4. The molecule has 0 amide bonds. The van der Waals surface area contributed by atoms with Crippen molar-refractivity contribution >= 4 is 33.4 Å². The molecule has 0 atom stereocenters. The zero-order valence-corrected chi connectivity index (χ0v) is 21.4. The van der Waals surface area contributed by atoms with E-state index in [0.717, 1.165) is 0 Å². The molecule has 2 aliphatic rings. The second-order valence-corrected chi connectivity index (χ2v) is 9.00. The zero-order chi connectivity index (χ0) is 30.0. The van der Waals surface area contributed by atoms with E-state index in [9.17, 15) is 42.1 Å². The van der Waals surface area contributed by atoms with Crippen LogP contribution in [0.2, 0.25) is 0 Å². The van der Waals surface area contributed by atoms with Crippen LogP contribution in [0.5, 0.6) is 0 Å². The Kier molecular flexibility index (Phi) is 6.45. The van der Waals surface area contributed by atoms with Gasteiger partial charge in [-0.25, -0.2) is 0 Å². The summed E-state index contributed by atoms with van der Waals surface area (Å²) >= 11 is 0. The van der Waals surface area contributed by atoms with Gasteiger partial charge in [-0.2, -0.15) is 42.1 Å². The van der Waals surface area contributed by atoms with Crippen LogP contribution in [-0.2, 0) is 0 Å². The van der Waals surface area contributed by atoms with Crippen LogP contribution in [0.1, 0.15) is 44.5 Å². The molecule has 2 aliphatic carbocycles. The average molecular weight is 531 g/mol. The summed E-state index contributed by atoms with van der Waals surface area (Å²) in [6.45, 7) is 0. The summed E-state index contributed by atoms with van der Waals surface area (Å²) in [5, 5.41) is 79.2. The van der Waals surface area contributed by atoms with Gasteiger partial charge in [0.15, 0.2) is 0 Å². The third-order valence-corrected chi connectivity index (χ3v) is 6.97. The number of rotatable bonds is 2. The Morgan fingerprint density at radius 1 is 0.429 bits per heavy atom. The van der Waals surface area contributed by atoms with Crippen molar-refractivity contribution in [3.05, 3.63) is 116 Å². The maximum atomic E-state index is 10.3. The van der Waals surface area contributed by atoms with Crippen molar-refractivity contribution in [3.8, 4) is 48.6 Å². The fourth-order valence-electron chi connectivity index (χ4n) is 5.31. The van der Waals surface area contributed by atoms with Crippen molar-refractivity contribution in [2.75, 3.05) is 0 Å². The van der Waals surface area contributed by atoms with Gasteiger partial charge in [-0.1, -0.05) is 24.3 Å². The molecule has 8 nitrogen and oxygen atoms in total. The number of nitriles is 8. The number of benzene rings is 3. The zero-order valence-electron chi connectivity index (χ0n) is 21.4. The van der Waals surface area contributed by atoms with E-state index in [1.54, 1.807) is 60.7 Å². The Balaban J connectivity index is 1.94. The van der Waals surface area contributed by atoms with Gasteiger partial charge < -0.3 is 0 Å². The van der Waals surface area contributed by atoms with Gasteiger partial charge in [0.1, 0.15) is 47.6 Å². The molecule has 0 fully saturated rings. The standard InChI is InChI=1S/C34H10N8/c35-11-19-3-1-5-21(7-19)31-29(17-41)25-9-26-28(10-27(25)33(31)23(13-37)14-38)34(24(15-39)16-40)32(30(26)18-42)22-6-2-4-20(8-22)12-36/h1-10H. The lowest BCUT2D eigenvalue weighted by Gasteiger charge is -2.12. The van der Waals surface area contributed by atoms with E-state index in [4.69, 9.17) is 0 Å². The van der Waals surface area contributed by atoms with Crippen LogP contribution < -0.4 is 0 Å². The van der Waals surface area contributed by atoms with E-state index < -0.39 is 0 Å². The molecule has 186 valence electrons. The molecule has 42 heavy (non-hydrogen) atoms. The van der Waals surface area contributed by atoms with Crippen molar-refractivity contribution in [2.45, 2.75) is 0 Å². The number of allylic oxidation sites excluding steroid dienone is 8. The first kappa shape index (κ1) is 26.2. The highest BCUT2D eigenvalue weighted by Crippen LogP contribution is 2.54. The van der Waals surface area contributed by atoms with Crippen LogP contribution in [0.3, 0.4) is 0 Å². The Hall–Kier alpha value is -7.46. The highest BCUT2D eigenvalue weighted by atomic mass is 14.4. The predicted octanol–water partition coefficient (Wildman–Crippen LogP) is 5.93. The van der Waals surface area contributed by atoms with Crippen molar-refractivity contribution in [2.24, 2.45) is 0 Å². The van der Waals surface area contributed by atoms with Crippen molar-refractivity contribution in [3.63, 3.8) is 0 Å². The number of fused-ring (bicyclic) bond motifs is 2. The van der Waals surface area contributed by atoms with Crippen LogP contribution in [0, 0.1) is 90.6 Å². The van der Waals surface area contributed by atoms with Crippen LogP contribution in [0.15, 0.2) is 71.8 Å². The molecule has 0 spiro atoms. The van der Waals surface area contributed by atoms with Crippen molar-refractivity contribution in [1.82, 2.24) is 0 Å². The van der Waals surface area contributed by atoms with Gasteiger partial charge in [0, 0.05) is 33.4 Å². The maximum Gasteiger partial charge on any atom is 0.138 e. The van der Waals surface area contributed by atoms with Gasteiger partial charge in [0.2, 0.25) is 0 Å². The smallest absolute Gasteiger partial charge is 0.138 e. The third-order valence-electron chi connectivity index (χ3n) is 6.97. The van der Waals surface area contributed by atoms with Crippen LogP contribution >= 0.6 is 0 Å². The van der Waals surface area contributed by atoms with E-state index in [1.807, 2.05) is 36.4 Å². The predicted molar refractivity (Wildman–Crippen MR) is 150 cm³/mol. The number of hydrogen-bond acceptors (Lipinski definition) is 8. The van der Waals surface area contributed by atoms with E-state index in [0.29, 0.717) is 44.5 Å². The average Bonchev–Trinajstić information content (AvgIpc) is 3.53. The first-order chi connectivity index (χ1) is 20.5. The number of hydrogen-bond donors (Lipinski definition) is 0. The minimum absolute atomic E-state index is 0.129. The second-order valence-electron chi connectivity index (χ2n) is 9.00. The summed E-state index contributed by atoms with van der Waals surface area (Å²) in [6, 6.07) is 32.0. The van der Waals surface area contributed by atoms with Crippen LogP contribution in [0.4, 0.5) is 0 Å². The lowest BCUT2D eigenvalue weighted by molar-refractivity contribution is 1.44. The third kappa shape index (κ3) is 3.78. The minimum atomic E-state index is -0.279. The van der Waals surface area contributed by atoms with Crippen LogP contribution in [0.25, 0.3) is 33.4 Å². The summed E-state index contributed by atoms with van der Waals surface area (Å²) < 4.78 is 0. The van der Waals surface area contributed by atoms with Crippen molar-refractivity contribution in [1.29, 1.82) is 42.1 Å². The minimum Gasteiger partial charge on any atom is -0.192 e. The molecule has 0 saturated carbocycles. The number of nitrogens with zero attached hydrogens (tertiary/aromatic N) is 8. The monoisotopic (exact) mass is 530 g/mol. The molecule has 0 radical (unpaired) electrons. The van der Waals surface area contributed by atoms with Gasteiger partial charge in [0.25, 0.3) is 0 Å². The van der Waals surface area contributed by atoms with Gasteiger partial charge in [-0.05, 0) is 58.7 Å². The first-order valence-corrected chi connectivity index (χ1v) is 12.1. The largest absolute Gasteiger partial charge is 0.192 e. The van der Waals surface area contributed by atoms with Gasteiger partial charge in [-0.15, -0.1) is 0 Å². The topological polar surface area (TPSA) is 190 Å². The molecule has 0 aliphatic heterocycles. The summed E-state index contributed by atoms with van der Waals surface area (Å²) in [5.41, 5.74) is 3.44. The molecule has 8 heteroatoms. The SMILES string of the molecule is N#CC(C#N)=C1C(c2cccc(C#N)c2)=C(C#N)c2cc3c(cc21)C(=C(C#N)C#N)C(c1cccc(C#N)c1)=C3C#N. The molecule has 0 heterocycles. The summed E-state index contributed by atoms with van der Waals surface area (Å²) in [6.07, 6.45) is 0. The Bertz CT molecular complexity index is 2080. The molecular weight excluding hydrogens is 520 g/mol. The molecule has 0 aromatic heterocycles. The molecule has 3 aromatic rings. The van der Waals surface area contributed by atoms with E-state index in [2.05, 4.69) is 12.1 Å². The van der Waals surface area contributed by atoms with Crippen LogP contribution in [-0.4, -0.2) is 0 Å². The Morgan fingerprint density at radius 2 is 0.810 bits per heavy atom. The van der Waals surface area contributed by atoms with Gasteiger partial charge >= 0.3 is 0 Å². The highest BCUT2D eigenvalue weighted by molar-refractivity contribution is 6.29. The summed E-state index contributed by atoms with van der Waals surface area (Å²) in [7, 11) is 0. The fourth-order valence-corrected chi connectivity index (χ4v) is 5.31. The molecule has 3 aromatic carbocycles. The Morgan fingerprint density at radius 3 is 1.14 bits per heavy atom. The normalized spacial score (nSPS) is 12.3. The van der Waals surface area contributed by atoms with E-state index in [-0.39, 0.29) is 44.6 Å². The Labute approximate surface area is 240 Å². The first-order valence-electron chi connectivity index (χ1n) is 12.1. The quantitative estimate of drug-likeness (QED) is 0.364. The molecule has 0 N–H and O–H groups in total. The van der Waals surface area contributed by atoms with Crippen molar-refractivity contribution < 1.29 is 0 Å². The maximum absolute atomic E-state index is 10.3. The molecular formula is C34H10N8. The molecule has 5 rings (SSSR count). The lowest BCUT2D eigenvalue weighted by Crippen LogP contribution is -1.95. The summed E-state index contributed by atoms with van der Waals surface area (Å²) in [5.74, 6) is 0. The fraction of sp³-hybridized carbons (Fsp3) is 0. The highest BCUT2D eigenvalue weighted by Gasteiger charge is 2.37. The molecule has 0 saturated heterocycles. The van der Waals surface area contributed by atoms with E-state index >= 15 is 0 Å². The molecule has 0 bridgehead atoms.